The van der Waals surface area contributed by atoms with Crippen molar-refractivity contribution < 1.29 is 9.26 Å². The predicted molar refractivity (Wildman–Crippen MR) is 73.2 cm³/mol. The van der Waals surface area contributed by atoms with Gasteiger partial charge in [-0.2, -0.15) is 4.98 Å². The van der Waals surface area contributed by atoms with Gasteiger partial charge in [0.1, 0.15) is 6.10 Å². The molecular weight excluding hydrogens is 254 g/mol. The van der Waals surface area contributed by atoms with Gasteiger partial charge in [-0.15, -0.1) is 0 Å². The summed E-state index contributed by atoms with van der Waals surface area (Å²) in [5.41, 5.74) is 0. The van der Waals surface area contributed by atoms with Crippen molar-refractivity contribution in [3.8, 4) is 0 Å². The molecule has 3 aliphatic rings. The normalized spacial score (nSPS) is 35.5. The molecule has 0 N–H and O–H groups in total. The zero-order chi connectivity index (χ0) is 13.5. The quantitative estimate of drug-likeness (QED) is 0.831. The van der Waals surface area contributed by atoms with Gasteiger partial charge in [-0.05, 0) is 45.1 Å². The molecule has 1 saturated carbocycles. The molecule has 2 aliphatic heterocycles. The molecule has 3 fully saturated rings. The van der Waals surface area contributed by atoms with Crippen LogP contribution in [0.5, 0.6) is 0 Å². The molecule has 5 nitrogen and oxygen atoms in total. The Bertz CT molecular complexity index is 469. The summed E-state index contributed by atoms with van der Waals surface area (Å²) < 4.78 is 11.5. The predicted octanol–water partition coefficient (Wildman–Crippen LogP) is 2.47. The van der Waals surface area contributed by atoms with Crippen molar-refractivity contribution in [2.75, 3.05) is 13.1 Å². The number of likely N-dealkylation sites (tertiary alicyclic amines) is 1. The van der Waals surface area contributed by atoms with E-state index in [0.29, 0.717) is 23.7 Å². The zero-order valence-electron chi connectivity index (χ0n) is 12.1. The van der Waals surface area contributed by atoms with Gasteiger partial charge in [0.2, 0.25) is 0 Å². The number of aryl methyl sites for hydroxylation is 1. The van der Waals surface area contributed by atoms with Crippen LogP contribution in [-0.4, -0.2) is 40.3 Å². The molecule has 0 spiro atoms. The maximum absolute atomic E-state index is 6.22. The molecule has 3 heterocycles. The molecule has 0 radical (unpaired) electrons. The van der Waals surface area contributed by atoms with Crippen LogP contribution >= 0.6 is 0 Å². The average Bonchev–Trinajstić information content (AvgIpc) is 3.17. The maximum Gasteiger partial charge on any atom is 0.255 e. The van der Waals surface area contributed by atoms with Crippen LogP contribution in [0.3, 0.4) is 0 Å². The van der Waals surface area contributed by atoms with Crippen molar-refractivity contribution in [2.45, 2.75) is 63.7 Å². The lowest BCUT2D eigenvalue weighted by atomic mass is 9.91. The Labute approximate surface area is 119 Å². The molecule has 2 saturated heterocycles. The first kappa shape index (κ1) is 12.8. The molecule has 1 aliphatic carbocycles. The number of hydrogen-bond acceptors (Lipinski definition) is 5. The standard InChI is InChI=1S/C15H23N3O2/c1-10-16-15(20-17-10)13-8-11-6-7-18(9-14(11)19-13)12-4-2-3-5-12/h11-14H,2-9H2,1H3/t11-,13-,14+/m0/s1. The van der Waals surface area contributed by atoms with E-state index in [4.69, 9.17) is 9.26 Å². The summed E-state index contributed by atoms with van der Waals surface area (Å²) in [6.07, 6.45) is 8.25. The fourth-order valence-electron chi connectivity index (χ4n) is 4.16. The lowest BCUT2D eigenvalue weighted by molar-refractivity contribution is -0.0264. The number of piperidine rings is 1. The number of nitrogens with zero attached hydrogens (tertiary/aromatic N) is 3. The monoisotopic (exact) mass is 277 g/mol. The van der Waals surface area contributed by atoms with E-state index >= 15 is 0 Å². The van der Waals surface area contributed by atoms with E-state index in [9.17, 15) is 0 Å². The summed E-state index contributed by atoms with van der Waals surface area (Å²) in [5.74, 6) is 2.04. The molecule has 1 aromatic rings. The van der Waals surface area contributed by atoms with Crippen LogP contribution in [0.4, 0.5) is 0 Å². The first-order chi connectivity index (χ1) is 9.79. The van der Waals surface area contributed by atoms with Crippen molar-refractivity contribution in [3.05, 3.63) is 11.7 Å². The van der Waals surface area contributed by atoms with Crippen LogP contribution in [0, 0.1) is 12.8 Å². The number of ether oxygens (including phenoxy) is 1. The minimum atomic E-state index is 0.0229. The maximum atomic E-state index is 6.22. The van der Waals surface area contributed by atoms with Crippen molar-refractivity contribution in [1.29, 1.82) is 0 Å². The Morgan fingerprint density at radius 2 is 2.05 bits per heavy atom. The second-order valence-electron chi connectivity index (χ2n) is 6.56. The minimum absolute atomic E-state index is 0.0229. The zero-order valence-corrected chi connectivity index (χ0v) is 12.1. The summed E-state index contributed by atoms with van der Waals surface area (Å²) in [6, 6.07) is 0.809. The smallest absolute Gasteiger partial charge is 0.255 e. The van der Waals surface area contributed by atoms with Gasteiger partial charge in [0.05, 0.1) is 6.10 Å². The van der Waals surface area contributed by atoms with E-state index in [1.807, 2.05) is 6.92 Å². The number of fused-ring (bicyclic) bond motifs is 1. The third kappa shape index (κ3) is 2.27. The highest BCUT2D eigenvalue weighted by molar-refractivity contribution is 4.98. The third-order valence-corrected chi connectivity index (χ3v) is 5.24. The van der Waals surface area contributed by atoms with Crippen molar-refractivity contribution in [2.24, 2.45) is 5.92 Å². The van der Waals surface area contributed by atoms with E-state index in [-0.39, 0.29) is 6.10 Å². The Kier molecular flexibility index (Phi) is 3.27. The molecule has 4 rings (SSSR count). The third-order valence-electron chi connectivity index (χ3n) is 5.24. The van der Waals surface area contributed by atoms with Gasteiger partial charge in [0.15, 0.2) is 5.82 Å². The van der Waals surface area contributed by atoms with Crippen LogP contribution in [0.25, 0.3) is 0 Å². The van der Waals surface area contributed by atoms with Crippen LogP contribution in [0.1, 0.15) is 56.3 Å². The van der Waals surface area contributed by atoms with E-state index in [0.717, 1.165) is 19.0 Å². The second-order valence-corrected chi connectivity index (χ2v) is 6.56. The first-order valence-electron chi connectivity index (χ1n) is 7.99. The number of rotatable bonds is 2. The molecule has 5 heteroatoms. The highest BCUT2D eigenvalue weighted by atomic mass is 16.5. The molecule has 20 heavy (non-hydrogen) atoms. The average molecular weight is 277 g/mol. The minimum Gasteiger partial charge on any atom is -0.364 e. The largest absolute Gasteiger partial charge is 0.364 e. The first-order valence-corrected chi connectivity index (χ1v) is 7.99. The summed E-state index contributed by atoms with van der Waals surface area (Å²) in [4.78, 5) is 6.99. The van der Waals surface area contributed by atoms with Crippen molar-refractivity contribution >= 4 is 0 Å². The lowest BCUT2D eigenvalue weighted by Crippen LogP contribution is -2.46. The molecular formula is C15H23N3O2. The second kappa shape index (κ2) is 5.11. The fraction of sp³-hybridized carbons (Fsp3) is 0.867. The molecule has 0 unspecified atom stereocenters. The molecule has 3 atom stereocenters. The Morgan fingerprint density at radius 3 is 2.80 bits per heavy atom. The topological polar surface area (TPSA) is 51.4 Å². The Balaban J connectivity index is 1.42. The molecule has 110 valence electrons. The fourth-order valence-corrected chi connectivity index (χ4v) is 4.16. The van der Waals surface area contributed by atoms with Crippen molar-refractivity contribution in [1.82, 2.24) is 15.0 Å². The molecule has 0 bridgehead atoms. The van der Waals surface area contributed by atoms with Crippen LogP contribution in [-0.2, 0) is 4.74 Å². The SMILES string of the molecule is Cc1noc([C@@H]2C[C@@H]3CCN(C4CCCC4)C[C@H]3O2)n1. The molecule has 0 amide bonds. The van der Waals surface area contributed by atoms with E-state index < -0.39 is 0 Å². The highest BCUT2D eigenvalue weighted by Gasteiger charge is 2.43. The van der Waals surface area contributed by atoms with Crippen molar-refractivity contribution in [3.63, 3.8) is 0 Å². The molecule has 0 aromatic carbocycles. The highest BCUT2D eigenvalue weighted by Crippen LogP contribution is 2.41. The van der Waals surface area contributed by atoms with E-state index in [1.54, 1.807) is 0 Å². The van der Waals surface area contributed by atoms with Gasteiger partial charge in [-0.1, -0.05) is 18.0 Å². The van der Waals surface area contributed by atoms with Crippen LogP contribution < -0.4 is 0 Å². The number of aromatic nitrogens is 2. The van der Waals surface area contributed by atoms with E-state index in [1.165, 1.54) is 38.6 Å². The van der Waals surface area contributed by atoms with Gasteiger partial charge in [0, 0.05) is 12.6 Å². The van der Waals surface area contributed by atoms with Crippen LogP contribution in [0.15, 0.2) is 4.52 Å². The van der Waals surface area contributed by atoms with Gasteiger partial charge in [-0.25, -0.2) is 0 Å². The molecule has 1 aromatic heterocycles. The Hall–Kier alpha value is -0.940. The van der Waals surface area contributed by atoms with Crippen LogP contribution in [0.2, 0.25) is 0 Å². The number of hydrogen-bond donors (Lipinski definition) is 0. The summed E-state index contributed by atoms with van der Waals surface area (Å²) in [5, 5.41) is 3.88. The van der Waals surface area contributed by atoms with Gasteiger partial charge < -0.3 is 9.26 Å². The Morgan fingerprint density at radius 1 is 1.20 bits per heavy atom. The van der Waals surface area contributed by atoms with Gasteiger partial charge in [-0.3, -0.25) is 4.90 Å². The summed E-state index contributed by atoms with van der Waals surface area (Å²) in [7, 11) is 0. The van der Waals surface area contributed by atoms with Gasteiger partial charge in [0.25, 0.3) is 5.89 Å². The summed E-state index contributed by atoms with van der Waals surface area (Å²) >= 11 is 0. The van der Waals surface area contributed by atoms with E-state index in [2.05, 4.69) is 15.0 Å². The lowest BCUT2D eigenvalue weighted by Gasteiger charge is -2.37. The summed E-state index contributed by atoms with van der Waals surface area (Å²) in [6.45, 7) is 4.19. The van der Waals surface area contributed by atoms with Gasteiger partial charge >= 0.3 is 0 Å².